The molecule has 0 bridgehead atoms. The van der Waals surface area contributed by atoms with E-state index in [0.717, 1.165) is 15.6 Å². The summed E-state index contributed by atoms with van der Waals surface area (Å²) in [7, 11) is 0. The van der Waals surface area contributed by atoms with Gasteiger partial charge >= 0.3 is 0 Å². The summed E-state index contributed by atoms with van der Waals surface area (Å²) in [6.45, 7) is 1.99. The van der Waals surface area contributed by atoms with E-state index in [4.69, 9.17) is 11.6 Å². The van der Waals surface area contributed by atoms with E-state index < -0.39 is 5.60 Å². The zero-order valence-electron chi connectivity index (χ0n) is 10.7. The number of rotatable bonds is 4. The summed E-state index contributed by atoms with van der Waals surface area (Å²) >= 11 is 9.45. The minimum absolute atomic E-state index is 0.556. The Kier molecular flexibility index (Phi) is 4.67. The molecule has 0 aliphatic rings. The lowest BCUT2D eigenvalue weighted by molar-refractivity contribution is 0.0327. The zero-order chi connectivity index (χ0) is 13.9. The van der Waals surface area contributed by atoms with E-state index in [1.807, 2.05) is 55.5 Å². The van der Waals surface area contributed by atoms with Crippen LogP contribution in [0.1, 0.15) is 24.5 Å². The highest BCUT2D eigenvalue weighted by Crippen LogP contribution is 2.31. The first-order chi connectivity index (χ1) is 9.03. The molecule has 0 saturated heterocycles. The molecule has 2 aromatic rings. The largest absolute Gasteiger partial charge is 0.385 e. The van der Waals surface area contributed by atoms with Crippen LogP contribution in [0, 0.1) is 0 Å². The second-order valence-corrected chi connectivity index (χ2v) is 6.05. The lowest BCUT2D eigenvalue weighted by Crippen LogP contribution is -2.27. The molecule has 1 unspecified atom stereocenters. The van der Waals surface area contributed by atoms with Crippen molar-refractivity contribution in [3.05, 3.63) is 69.2 Å². The number of benzene rings is 2. The average molecular weight is 340 g/mol. The minimum Gasteiger partial charge on any atom is -0.385 e. The van der Waals surface area contributed by atoms with Gasteiger partial charge in [-0.2, -0.15) is 0 Å². The van der Waals surface area contributed by atoms with Crippen molar-refractivity contribution in [1.82, 2.24) is 0 Å². The van der Waals surface area contributed by atoms with Gasteiger partial charge in [-0.05, 0) is 41.8 Å². The third kappa shape index (κ3) is 3.59. The molecule has 0 saturated carbocycles. The fraction of sp³-hybridized carbons (Fsp3) is 0.250. The number of hydrogen-bond acceptors (Lipinski definition) is 1. The highest BCUT2D eigenvalue weighted by molar-refractivity contribution is 9.10. The molecule has 0 radical (unpaired) electrons. The molecule has 0 spiro atoms. The van der Waals surface area contributed by atoms with E-state index in [2.05, 4.69) is 15.9 Å². The molecule has 0 heterocycles. The van der Waals surface area contributed by atoms with Gasteiger partial charge in [0.2, 0.25) is 0 Å². The van der Waals surface area contributed by atoms with Crippen molar-refractivity contribution in [3.8, 4) is 0 Å². The van der Waals surface area contributed by atoms with E-state index >= 15 is 0 Å². The average Bonchev–Trinajstić information content (AvgIpc) is 2.38. The Balaban J connectivity index is 2.32. The summed E-state index contributed by atoms with van der Waals surface area (Å²) in [6, 6.07) is 15.5. The van der Waals surface area contributed by atoms with Gasteiger partial charge in [-0.3, -0.25) is 0 Å². The monoisotopic (exact) mass is 338 g/mol. The predicted octanol–water partition coefficient (Wildman–Crippen LogP) is 4.94. The van der Waals surface area contributed by atoms with Crippen molar-refractivity contribution in [1.29, 1.82) is 0 Å². The summed E-state index contributed by atoms with van der Waals surface area (Å²) in [5.41, 5.74) is 1.09. The molecule has 2 rings (SSSR count). The summed E-state index contributed by atoms with van der Waals surface area (Å²) in [5, 5.41) is 11.6. The third-order valence-corrected chi connectivity index (χ3v) is 4.06. The van der Waals surface area contributed by atoms with Crippen LogP contribution in [-0.2, 0) is 12.0 Å². The summed E-state index contributed by atoms with van der Waals surface area (Å²) in [5.74, 6) is 0. The topological polar surface area (TPSA) is 20.2 Å². The van der Waals surface area contributed by atoms with Gasteiger partial charge in [0.1, 0.15) is 0 Å². The SMILES string of the molecule is CCC(O)(Cc1cccc(Cl)c1)c1cccc(Br)c1. The van der Waals surface area contributed by atoms with E-state index in [0.29, 0.717) is 17.9 Å². The molecule has 100 valence electrons. The molecule has 0 aliphatic carbocycles. The van der Waals surface area contributed by atoms with Crippen LogP contribution in [0.2, 0.25) is 5.02 Å². The highest BCUT2D eigenvalue weighted by atomic mass is 79.9. The molecule has 1 nitrogen and oxygen atoms in total. The standard InChI is InChI=1S/C16H16BrClO/c1-2-16(19,13-6-4-7-14(17)10-13)11-12-5-3-8-15(18)9-12/h3-10,19H,2,11H2,1H3. The molecule has 3 heteroatoms. The maximum absolute atomic E-state index is 10.9. The van der Waals surface area contributed by atoms with Crippen molar-refractivity contribution in [2.75, 3.05) is 0 Å². The molecule has 0 fully saturated rings. The molecule has 2 aromatic carbocycles. The Hall–Kier alpha value is -0.830. The number of halogens is 2. The molecule has 1 N–H and O–H groups in total. The summed E-state index contributed by atoms with van der Waals surface area (Å²) in [4.78, 5) is 0. The van der Waals surface area contributed by atoms with E-state index in [1.165, 1.54) is 0 Å². The molecular weight excluding hydrogens is 324 g/mol. The Morgan fingerprint density at radius 2 is 1.89 bits per heavy atom. The fourth-order valence-electron chi connectivity index (χ4n) is 2.19. The van der Waals surface area contributed by atoms with Crippen LogP contribution < -0.4 is 0 Å². The van der Waals surface area contributed by atoms with Crippen LogP contribution in [0.15, 0.2) is 53.0 Å². The van der Waals surface area contributed by atoms with Gasteiger partial charge in [0.25, 0.3) is 0 Å². The van der Waals surface area contributed by atoms with E-state index in [-0.39, 0.29) is 0 Å². The van der Waals surface area contributed by atoms with Gasteiger partial charge in [-0.1, -0.05) is 58.7 Å². The highest BCUT2D eigenvalue weighted by Gasteiger charge is 2.27. The smallest absolute Gasteiger partial charge is 0.0934 e. The van der Waals surface area contributed by atoms with Crippen LogP contribution in [0.4, 0.5) is 0 Å². The van der Waals surface area contributed by atoms with Crippen molar-refractivity contribution in [2.45, 2.75) is 25.4 Å². The number of hydrogen-bond donors (Lipinski definition) is 1. The Morgan fingerprint density at radius 3 is 2.53 bits per heavy atom. The van der Waals surface area contributed by atoms with E-state index in [1.54, 1.807) is 0 Å². The molecule has 1 atom stereocenters. The van der Waals surface area contributed by atoms with Gasteiger partial charge in [0.15, 0.2) is 0 Å². The second-order valence-electron chi connectivity index (χ2n) is 4.70. The second kappa shape index (κ2) is 6.08. The van der Waals surface area contributed by atoms with Crippen LogP contribution in [0.25, 0.3) is 0 Å². The first-order valence-electron chi connectivity index (χ1n) is 6.26. The lowest BCUT2D eigenvalue weighted by Gasteiger charge is -2.28. The summed E-state index contributed by atoms with van der Waals surface area (Å²) in [6.07, 6.45) is 1.20. The molecule has 19 heavy (non-hydrogen) atoms. The van der Waals surface area contributed by atoms with E-state index in [9.17, 15) is 5.11 Å². The molecular formula is C16H16BrClO. The number of aliphatic hydroxyl groups is 1. The maximum Gasteiger partial charge on any atom is 0.0934 e. The van der Waals surface area contributed by atoms with Crippen LogP contribution >= 0.6 is 27.5 Å². The third-order valence-electron chi connectivity index (χ3n) is 3.33. The minimum atomic E-state index is -0.867. The Morgan fingerprint density at radius 1 is 1.16 bits per heavy atom. The first-order valence-corrected chi connectivity index (χ1v) is 7.43. The first kappa shape index (κ1) is 14.6. The fourth-order valence-corrected chi connectivity index (χ4v) is 2.81. The van der Waals surface area contributed by atoms with Crippen molar-refractivity contribution in [3.63, 3.8) is 0 Å². The zero-order valence-corrected chi connectivity index (χ0v) is 13.1. The van der Waals surface area contributed by atoms with Crippen LogP contribution in [0.5, 0.6) is 0 Å². The predicted molar refractivity (Wildman–Crippen MR) is 83.5 cm³/mol. The molecule has 0 aromatic heterocycles. The van der Waals surface area contributed by atoms with Crippen molar-refractivity contribution < 1.29 is 5.11 Å². The lowest BCUT2D eigenvalue weighted by atomic mass is 9.85. The van der Waals surface area contributed by atoms with Gasteiger partial charge < -0.3 is 5.11 Å². The van der Waals surface area contributed by atoms with Crippen molar-refractivity contribution >= 4 is 27.5 Å². The van der Waals surface area contributed by atoms with Gasteiger partial charge in [0, 0.05) is 15.9 Å². The normalized spacial score (nSPS) is 14.1. The molecule has 0 aliphatic heterocycles. The quantitative estimate of drug-likeness (QED) is 0.836. The van der Waals surface area contributed by atoms with Crippen LogP contribution in [-0.4, -0.2) is 5.11 Å². The Labute approximate surface area is 127 Å². The van der Waals surface area contributed by atoms with Crippen LogP contribution in [0.3, 0.4) is 0 Å². The van der Waals surface area contributed by atoms with Crippen molar-refractivity contribution in [2.24, 2.45) is 0 Å². The Bertz CT molecular complexity index is 570. The van der Waals surface area contributed by atoms with Gasteiger partial charge in [-0.15, -0.1) is 0 Å². The maximum atomic E-state index is 10.9. The van der Waals surface area contributed by atoms with Gasteiger partial charge in [0.05, 0.1) is 5.60 Å². The summed E-state index contributed by atoms with van der Waals surface area (Å²) < 4.78 is 0.975. The van der Waals surface area contributed by atoms with Gasteiger partial charge in [-0.25, -0.2) is 0 Å². The molecule has 0 amide bonds.